The van der Waals surface area contributed by atoms with Crippen LogP contribution in [0.1, 0.15) is 24.8 Å². The van der Waals surface area contributed by atoms with Gasteiger partial charge >= 0.3 is 0 Å². The average Bonchev–Trinajstić information content (AvgIpc) is 2.76. The molecular formula is C9H14N4. The zero-order valence-electron chi connectivity index (χ0n) is 7.58. The summed E-state index contributed by atoms with van der Waals surface area (Å²) in [6.45, 7) is 2.08. The molecule has 0 atom stereocenters. The highest BCUT2D eigenvalue weighted by molar-refractivity contribution is 5.51. The molecule has 1 aliphatic heterocycles. The predicted octanol–water partition coefficient (Wildman–Crippen LogP) is 0.646. The van der Waals surface area contributed by atoms with Gasteiger partial charge in [-0.1, -0.05) is 0 Å². The minimum Gasteiger partial charge on any atom is -0.370 e. The van der Waals surface area contributed by atoms with Gasteiger partial charge in [0.25, 0.3) is 0 Å². The number of anilines is 1. The second-order valence-electron chi connectivity index (χ2n) is 4.07. The van der Waals surface area contributed by atoms with Gasteiger partial charge in [-0.2, -0.15) is 5.10 Å². The van der Waals surface area contributed by atoms with Crippen LogP contribution in [0.15, 0.2) is 6.20 Å². The lowest BCUT2D eigenvalue weighted by atomic mass is 10.1. The Bertz CT molecular complexity index is 337. The molecule has 0 amide bonds. The number of hydrogen-bond donors (Lipinski definition) is 2. The van der Waals surface area contributed by atoms with Crippen LogP contribution in [-0.4, -0.2) is 16.3 Å². The van der Waals surface area contributed by atoms with Gasteiger partial charge in [-0.15, -0.1) is 0 Å². The Morgan fingerprint density at radius 1 is 1.54 bits per heavy atom. The summed E-state index contributed by atoms with van der Waals surface area (Å²) in [6.07, 6.45) is 5.30. The smallest absolute Gasteiger partial charge is 0.129 e. The van der Waals surface area contributed by atoms with Gasteiger partial charge in [0.1, 0.15) is 5.82 Å². The van der Waals surface area contributed by atoms with Gasteiger partial charge in [-0.05, 0) is 19.3 Å². The van der Waals surface area contributed by atoms with Crippen molar-refractivity contribution in [2.75, 3.05) is 11.9 Å². The highest BCUT2D eigenvalue weighted by Gasteiger charge is 2.43. The van der Waals surface area contributed by atoms with Crippen molar-refractivity contribution >= 4 is 5.82 Å². The molecule has 3 N–H and O–H groups in total. The van der Waals surface area contributed by atoms with Crippen molar-refractivity contribution in [2.24, 2.45) is 5.73 Å². The van der Waals surface area contributed by atoms with Crippen LogP contribution >= 0.6 is 0 Å². The maximum Gasteiger partial charge on any atom is 0.129 e. The summed E-state index contributed by atoms with van der Waals surface area (Å²) in [5, 5.41) is 7.72. The number of nitrogens with zero attached hydrogens (tertiary/aromatic N) is 2. The number of hydrogen-bond acceptors (Lipinski definition) is 3. The molecule has 70 valence electrons. The normalized spacial score (nSPS) is 23.5. The van der Waals surface area contributed by atoms with E-state index in [2.05, 4.69) is 10.4 Å². The van der Waals surface area contributed by atoms with Gasteiger partial charge in [0.15, 0.2) is 0 Å². The third-order valence-corrected chi connectivity index (χ3v) is 3.00. The fourth-order valence-corrected chi connectivity index (χ4v) is 1.95. The Morgan fingerprint density at radius 3 is 3.15 bits per heavy atom. The first-order chi connectivity index (χ1) is 6.30. The lowest BCUT2D eigenvalue weighted by Crippen LogP contribution is -2.23. The molecule has 0 radical (unpaired) electrons. The van der Waals surface area contributed by atoms with Crippen LogP contribution in [0.4, 0.5) is 5.82 Å². The Balaban J connectivity index is 2.06. The molecule has 3 rings (SSSR count). The van der Waals surface area contributed by atoms with Gasteiger partial charge in [-0.25, -0.2) is 4.68 Å². The van der Waals surface area contributed by atoms with E-state index in [0.717, 1.165) is 38.2 Å². The molecule has 1 aliphatic carbocycles. The van der Waals surface area contributed by atoms with Crippen LogP contribution < -0.4 is 11.1 Å². The minimum atomic E-state index is -0.0576. The predicted molar refractivity (Wildman–Crippen MR) is 50.4 cm³/mol. The van der Waals surface area contributed by atoms with E-state index in [0.29, 0.717) is 0 Å². The molecule has 0 bridgehead atoms. The van der Waals surface area contributed by atoms with E-state index < -0.39 is 0 Å². The van der Waals surface area contributed by atoms with Crippen LogP contribution in [-0.2, 0) is 12.1 Å². The zero-order chi connectivity index (χ0) is 8.89. The largest absolute Gasteiger partial charge is 0.370 e. The Kier molecular flexibility index (Phi) is 1.28. The highest BCUT2D eigenvalue weighted by atomic mass is 15.3. The van der Waals surface area contributed by atoms with Crippen molar-refractivity contribution in [3.8, 4) is 0 Å². The molecule has 0 saturated heterocycles. The maximum atomic E-state index is 6.14. The van der Waals surface area contributed by atoms with Crippen LogP contribution in [0.5, 0.6) is 0 Å². The maximum absolute atomic E-state index is 6.14. The summed E-state index contributed by atoms with van der Waals surface area (Å²) in [6, 6.07) is 0. The van der Waals surface area contributed by atoms with Crippen molar-refractivity contribution in [2.45, 2.75) is 31.3 Å². The van der Waals surface area contributed by atoms with Gasteiger partial charge < -0.3 is 11.1 Å². The molecule has 1 fully saturated rings. The molecular weight excluding hydrogens is 164 g/mol. The van der Waals surface area contributed by atoms with Gasteiger partial charge in [-0.3, -0.25) is 0 Å². The zero-order valence-corrected chi connectivity index (χ0v) is 7.58. The Hall–Kier alpha value is -1.03. The molecule has 2 aliphatic rings. The standard InChI is InChI=1S/C9H14N4/c10-9(2-3-9)7-6-12-13-5-1-4-11-8(7)13/h6,11H,1-5,10H2. The molecule has 0 aromatic carbocycles. The van der Waals surface area contributed by atoms with E-state index in [1.54, 1.807) is 0 Å². The number of nitrogens with one attached hydrogen (secondary N) is 1. The second-order valence-corrected chi connectivity index (χ2v) is 4.07. The average molecular weight is 178 g/mol. The summed E-state index contributed by atoms with van der Waals surface area (Å²) < 4.78 is 2.03. The van der Waals surface area contributed by atoms with Crippen molar-refractivity contribution < 1.29 is 0 Å². The molecule has 2 heterocycles. The summed E-state index contributed by atoms with van der Waals surface area (Å²) in [4.78, 5) is 0. The van der Waals surface area contributed by atoms with Gasteiger partial charge in [0.2, 0.25) is 0 Å². The summed E-state index contributed by atoms with van der Waals surface area (Å²) in [5.41, 5.74) is 7.30. The van der Waals surface area contributed by atoms with E-state index in [9.17, 15) is 0 Å². The first-order valence-corrected chi connectivity index (χ1v) is 4.89. The fourth-order valence-electron chi connectivity index (χ4n) is 1.95. The highest BCUT2D eigenvalue weighted by Crippen LogP contribution is 2.45. The lowest BCUT2D eigenvalue weighted by Gasteiger charge is -2.18. The van der Waals surface area contributed by atoms with E-state index in [-0.39, 0.29) is 5.54 Å². The quantitative estimate of drug-likeness (QED) is 0.663. The summed E-state index contributed by atoms with van der Waals surface area (Å²) >= 11 is 0. The van der Waals surface area contributed by atoms with E-state index in [1.165, 1.54) is 5.56 Å². The van der Waals surface area contributed by atoms with Crippen molar-refractivity contribution in [1.82, 2.24) is 9.78 Å². The summed E-state index contributed by atoms with van der Waals surface area (Å²) in [5.74, 6) is 1.16. The molecule has 4 heteroatoms. The van der Waals surface area contributed by atoms with Crippen LogP contribution in [0.25, 0.3) is 0 Å². The van der Waals surface area contributed by atoms with Crippen LogP contribution in [0.3, 0.4) is 0 Å². The summed E-state index contributed by atoms with van der Waals surface area (Å²) in [7, 11) is 0. The molecule has 13 heavy (non-hydrogen) atoms. The molecule has 1 aromatic rings. The Labute approximate surface area is 77.1 Å². The third kappa shape index (κ3) is 0.983. The molecule has 0 unspecified atom stereocenters. The van der Waals surface area contributed by atoms with E-state index >= 15 is 0 Å². The van der Waals surface area contributed by atoms with Crippen molar-refractivity contribution in [1.29, 1.82) is 0 Å². The Morgan fingerprint density at radius 2 is 2.38 bits per heavy atom. The first kappa shape index (κ1) is 7.38. The topological polar surface area (TPSA) is 55.9 Å². The third-order valence-electron chi connectivity index (χ3n) is 3.00. The first-order valence-electron chi connectivity index (χ1n) is 4.89. The van der Waals surface area contributed by atoms with Crippen molar-refractivity contribution in [3.05, 3.63) is 11.8 Å². The monoisotopic (exact) mass is 178 g/mol. The lowest BCUT2D eigenvalue weighted by molar-refractivity contribution is 0.565. The molecule has 0 spiro atoms. The second kappa shape index (κ2) is 2.26. The van der Waals surface area contributed by atoms with E-state index in [1.807, 2.05) is 10.9 Å². The number of fused-ring (bicyclic) bond motifs is 1. The minimum absolute atomic E-state index is 0.0576. The SMILES string of the molecule is NC1(c2cnn3c2NCCC3)CC1. The number of rotatable bonds is 1. The molecule has 1 aromatic heterocycles. The fraction of sp³-hybridized carbons (Fsp3) is 0.667. The van der Waals surface area contributed by atoms with Crippen LogP contribution in [0.2, 0.25) is 0 Å². The van der Waals surface area contributed by atoms with Crippen molar-refractivity contribution in [3.63, 3.8) is 0 Å². The number of aromatic nitrogens is 2. The van der Waals surface area contributed by atoms with Gasteiger partial charge in [0, 0.05) is 24.2 Å². The number of aryl methyl sites for hydroxylation is 1. The van der Waals surface area contributed by atoms with E-state index in [4.69, 9.17) is 5.73 Å². The molecule has 1 saturated carbocycles. The molecule has 4 nitrogen and oxygen atoms in total. The number of nitrogens with two attached hydrogens (primary N) is 1. The van der Waals surface area contributed by atoms with Gasteiger partial charge in [0.05, 0.1) is 6.20 Å². The van der Waals surface area contributed by atoms with Crippen LogP contribution in [0, 0.1) is 0 Å².